The van der Waals surface area contributed by atoms with Crippen LogP contribution in [0.3, 0.4) is 0 Å². The summed E-state index contributed by atoms with van der Waals surface area (Å²) >= 11 is 0. The van der Waals surface area contributed by atoms with Crippen LogP contribution in [0.25, 0.3) is 11.3 Å². The number of carbonyl (C=O) groups excluding carboxylic acids is 1. The summed E-state index contributed by atoms with van der Waals surface area (Å²) in [5, 5.41) is 0. The van der Waals surface area contributed by atoms with E-state index >= 15 is 0 Å². The van der Waals surface area contributed by atoms with Gasteiger partial charge >= 0.3 is 5.97 Å². The van der Waals surface area contributed by atoms with Crippen molar-refractivity contribution in [2.75, 3.05) is 32.9 Å². The molecule has 1 aromatic carbocycles. The molecule has 0 saturated carbocycles. The minimum Gasteiger partial charge on any atom is -0.462 e. The van der Waals surface area contributed by atoms with Crippen LogP contribution >= 0.6 is 0 Å². The van der Waals surface area contributed by atoms with Crippen molar-refractivity contribution in [3.8, 4) is 11.3 Å². The number of benzene rings is 1. The highest BCUT2D eigenvalue weighted by Crippen LogP contribution is 2.26. The summed E-state index contributed by atoms with van der Waals surface area (Å²) in [5.74, 6) is 1.08. The van der Waals surface area contributed by atoms with Crippen LogP contribution in [-0.4, -0.2) is 38.9 Å². The van der Waals surface area contributed by atoms with Gasteiger partial charge in [0.25, 0.3) is 0 Å². The molecule has 1 aliphatic rings. The normalized spacial score (nSPS) is 15.5. The highest BCUT2D eigenvalue weighted by atomic mass is 16.5. The summed E-state index contributed by atoms with van der Waals surface area (Å²) in [5.41, 5.74) is 1.49. The predicted molar refractivity (Wildman–Crippen MR) is 85.3 cm³/mol. The third kappa shape index (κ3) is 3.81. The summed E-state index contributed by atoms with van der Waals surface area (Å²) in [6.07, 6.45) is 0. The zero-order chi connectivity index (χ0) is 16.1. The number of furan rings is 1. The molecule has 5 nitrogen and oxygen atoms in total. The SMILES string of the molecule is CCOC(=O)c1cc(-c2ccccc2)oc1C[NH+]1CCOCC1. The lowest BCUT2D eigenvalue weighted by Crippen LogP contribution is -3.12. The van der Waals surface area contributed by atoms with E-state index in [2.05, 4.69) is 0 Å². The van der Waals surface area contributed by atoms with Crippen molar-refractivity contribution in [2.45, 2.75) is 13.5 Å². The molecule has 2 aromatic rings. The number of quaternary nitrogens is 1. The Hall–Kier alpha value is -2.11. The van der Waals surface area contributed by atoms with E-state index < -0.39 is 0 Å². The number of esters is 1. The molecule has 1 aliphatic heterocycles. The van der Waals surface area contributed by atoms with E-state index in [4.69, 9.17) is 13.9 Å². The largest absolute Gasteiger partial charge is 0.462 e. The molecule has 0 atom stereocenters. The molecule has 0 spiro atoms. The number of morpholine rings is 1. The van der Waals surface area contributed by atoms with Gasteiger partial charge in [-0.05, 0) is 13.0 Å². The number of rotatable bonds is 5. The second-order valence-corrected chi connectivity index (χ2v) is 5.57. The van der Waals surface area contributed by atoms with Crippen molar-refractivity contribution in [2.24, 2.45) is 0 Å². The number of hydrogen-bond acceptors (Lipinski definition) is 4. The van der Waals surface area contributed by atoms with Crippen molar-refractivity contribution in [3.63, 3.8) is 0 Å². The predicted octanol–water partition coefficient (Wildman–Crippen LogP) is 1.54. The van der Waals surface area contributed by atoms with Crippen LogP contribution in [0, 0.1) is 0 Å². The van der Waals surface area contributed by atoms with Crippen LogP contribution in [0.2, 0.25) is 0 Å². The topological polar surface area (TPSA) is 53.1 Å². The van der Waals surface area contributed by atoms with E-state index in [-0.39, 0.29) is 5.97 Å². The highest BCUT2D eigenvalue weighted by Gasteiger charge is 2.24. The highest BCUT2D eigenvalue weighted by molar-refractivity contribution is 5.91. The first-order chi connectivity index (χ1) is 11.3. The maximum atomic E-state index is 12.2. The van der Waals surface area contributed by atoms with Crippen molar-refractivity contribution in [1.82, 2.24) is 0 Å². The molecule has 0 unspecified atom stereocenters. The maximum Gasteiger partial charge on any atom is 0.341 e. The second kappa shape index (κ2) is 7.44. The molecular weight excluding hydrogens is 294 g/mol. The summed E-state index contributed by atoms with van der Waals surface area (Å²) in [7, 11) is 0. The molecule has 1 saturated heterocycles. The van der Waals surface area contributed by atoms with E-state index in [0.29, 0.717) is 30.2 Å². The van der Waals surface area contributed by atoms with Crippen molar-refractivity contribution < 1.29 is 23.6 Å². The summed E-state index contributed by atoms with van der Waals surface area (Å²) in [6, 6.07) is 11.6. The molecule has 5 heteroatoms. The zero-order valence-electron chi connectivity index (χ0n) is 13.3. The van der Waals surface area contributed by atoms with E-state index in [1.54, 1.807) is 6.07 Å². The molecule has 1 fully saturated rings. The average molecular weight is 316 g/mol. The van der Waals surface area contributed by atoms with Crippen molar-refractivity contribution in [3.05, 3.63) is 47.7 Å². The van der Waals surface area contributed by atoms with Gasteiger partial charge in [-0.15, -0.1) is 0 Å². The summed E-state index contributed by atoms with van der Waals surface area (Å²) in [6.45, 7) is 6.17. The first-order valence-corrected chi connectivity index (χ1v) is 8.04. The molecule has 23 heavy (non-hydrogen) atoms. The Morgan fingerprint density at radius 3 is 2.65 bits per heavy atom. The summed E-state index contributed by atoms with van der Waals surface area (Å²) in [4.78, 5) is 13.6. The van der Waals surface area contributed by atoms with Crippen LogP contribution in [0.1, 0.15) is 23.0 Å². The van der Waals surface area contributed by atoms with Gasteiger partial charge in [0.15, 0.2) is 5.76 Å². The molecule has 0 aliphatic carbocycles. The maximum absolute atomic E-state index is 12.2. The standard InChI is InChI=1S/C18H21NO4/c1-2-22-18(20)15-12-16(14-6-4-3-5-7-14)23-17(15)13-19-8-10-21-11-9-19/h3-7,12H,2,8-11,13H2,1H3/p+1. The Labute approximate surface area is 135 Å². The van der Waals surface area contributed by atoms with Crippen LogP contribution in [0.5, 0.6) is 0 Å². The number of ether oxygens (including phenoxy) is 2. The van der Waals surface area contributed by atoms with Gasteiger partial charge in [-0.3, -0.25) is 0 Å². The fraction of sp³-hybridized carbons (Fsp3) is 0.389. The zero-order valence-corrected chi connectivity index (χ0v) is 13.3. The van der Waals surface area contributed by atoms with Gasteiger partial charge in [0.1, 0.15) is 31.0 Å². The van der Waals surface area contributed by atoms with Crippen LogP contribution in [-0.2, 0) is 16.0 Å². The first kappa shape index (κ1) is 15.8. The molecular formula is C18H22NO4+. The monoisotopic (exact) mass is 316 g/mol. The van der Waals surface area contributed by atoms with Gasteiger partial charge in [0, 0.05) is 5.56 Å². The molecule has 0 amide bonds. The Morgan fingerprint density at radius 1 is 1.22 bits per heavy atom. The van der Waals surface area contributed by atoms with E-state index in [0.717, 1.165) is 31.9 Å². The van der Waals surface area contributed by atoms with Crippen LogP contribution < -0.4 is 4.90 Å². The average Bonchev–Trinajstić information content (AvgIpc) is 3.01. The molecule has 1 aromatic heterocycles. The lowest BCUT2D eigenvalue weighted by atomic mass is 10.1. The minimum atomic E-state index is -0.318. The molecule has 1 N–H and O–H groups in total. The van der Waals surface area contributed by atoms with Crippen LogP contribution in [0.4, 0.5) is 0 Å². The fourth-order valence-corrected chi connectivity index (χ4v) is 2.75. The van der Waals surface area contributed by atoms with Gasteiger partial charge in [-0.1, -0.05) is 30.3 Å². The van der Waals surface area contributed by atoms with E-state index in [1.807, 2.05) is 37.3 Å². The molecule has 0 bridgehead atoms. The van der Waals surface area contributed by atoms with Crippen molar-refractivity contribution >= 4 is 5.97 Å². The van der Waals surface area contributed by atoms with Crippen LogP contribution in [0.15, 0.2) is 40.8 Å². The van der Waals surface area contributed by atoms with Crippen molar-refractivity contribution in [1.29, 1.82) is 0 Å². The quantitative estimate of drug-likeness (QED) is 0.850. The lowest BCUT2D eigenvalue weighted by molar-refractivity contribution is -0.922. The Balaban J connectivity index is 1.88. The molecule has 0 radical (unpaired) electrons. The smallest absolute Gasteiger partial charge is 0.341 e. The van der Waals surface area contributed by atoms with Gasteiger partial charge in [0.2, 0.25) is 0 Å². The number of carbonyl (C=O) groups is 1. The van der Waals surface area contributed by atoms with E-state index in [9.17, 15) is 4.79 Å². The third-order valence-electron chi connectivity index (χ3n) is 3.97. The third-order valence-corrected chi connectivity index (χ3v) is 3.97. The Morgan fingerprint density at radius 2 is 1.96 bits per heavy atom. The number of hydrogen-bond donors (Lipinski definition) is 1. The van der Waals surface area contributed by atoms with Gasteiger partial charge in [0.05, 0.1) is 19.8 Å². The summed E-state index contributed by atoms with van der Waals surface area (Å²) < 4.78 is 16.6. The fourth-order valence-electron chi connectivity index (χ4n) is 2.75. The van der Waals surface area contributed by atoms with Gasteiger partial charge < -0.3 is 18.8 Å². The first-order valence-electron chi connectivity index (χ1n) is 8.04. The Kier molecular flexibility index (Phi) is 5.10. The molecule has 122 valence electrons. The molecule has 2 heterocycles. The molecule has 3 rings (SSSR count). The number of nitrogens with one attached hydrogen (secondary N) is 1. The second-order valence-electron chi connectivity index (χ2n) is 5.57. The van der Waals surface area contributed by atoms with Gasteiger partial charge in [-0.2, -0.15) is 0 Å². The lowest BCUT2D eigenvalue weighted by Gasteiger charge is -2.23. The van der Waals surface area contributed by atoms with E-state index in [1.165, 1.54) is 4.90 Å². The van der Waals surface area contributed by atoms with Gasteiger partial charge in [-0.25, -0.2) is 4.79 Å². The Bertz CT molecular complexity index is 644. The minimum absolute atomic E-state index is 0.318.